The zero-order valence-corrected chi connectivity index (χ0v) is 20.2. The van der Waals surface area contributed by atoms with E-state index in [2.05, 4.69) is 20.4 Å². The number of ether oxygens (including phenoxy) is 1. The number of carbonyl (C=O) groups excluding carboxylic acids is 1. The molecule has 1 aliphatic heterocycles. The number of halogens is 3. The van der Waals surface area contributed by atoms with Gasteiger partial charge in [0.2, 0.25) is 15.0 Å². The number of aryl methyl sites for hydroxylation is 1. The lowest BCUT2D eigenvalue weighted by Crippen LogP contribution is -2.37. The summed E-state index contributed by atoms with van der Waals surface area (Å²) in [5, 5.41) is 15.2. The number of anilines is 2. The molecule has 2 aromatic rings. The van der Waals surface area contributed by atoms with Crippen LogP contribution in [-0.4, -0.2) is 55.7 Å². The topological polar surface area (TPSA) is 126 Å². The summed E-state index contributed by atoms with van der Waals surface area (Å²) in [6.45, 7) is 6.37. The Bertz CT molecular complexity index is 1180. The van der Waals surface area contributed by atoms with Crippen molar-refractivity contribution in [2.24, 2.45) is 10.2 Å². The maximum absolute atomic E-state index is 12.8. The monoisotopic (exact) mass is 520 g/mol. The zero-order valence-electron chi connectivity index (χ0n) is 18.6. The van der Waals surface area contributed by atoms with Gasteiger partial charge in [-0.25, -0.2) is 13.2 Å². The zero-order chi connectivity index (χ0) is 25.1. The third-order valence-electron chi connectivity index (χ3n) is 4.94. The first-order valence-electron chi connectivity index (χ1n) is 10.4. The van der Waals surface area contributed by atoms with Gasteiger partial charge >= 0.3 is 12.1 Å². The molecule has 0 saturated heterocycles. The number of azo groups is 1. The highest BCUT2D eigenvalue weighted by molar-refractivity contribution is 7.92. The second-order valence-electron chi connectivity index (χ2n) is 7.46. The summed E-state index contributed by atoms with van der Waals surface area (Å²) in [5.74, 6) is -2.72. The van der Waals surface area contributed by atoms with E-state index in [1.54, 1.807) is 13.0 Å². The van der Waals surface area contributed by atoms with Crippen LogP contribution < -0.4 is 9.62 Å². The van der Waals surface area contributed by atoms with Crippen molar-refractivity contribution >= 4 is 49.5 Å². The van der Waals surface area contributed by atoms with Gasteiger partial charge in [-0.1, -0.05) is 11.3 Å². The number of aromatic nitrogens is 2. The highest BCUT2D eigenvalue weighted by Gasteiger charge is 2.36. The van der Waals surface area contributed by atoms with Crippen molar-refractivity contribution in [3.63, 3.8) is 0 Å². The summed E-state index contributed by atoms with van der Waals surface area (Å²) >= 11 is 0.807. The molecular formula is C19H23F3N6O4S2. The molecule has 0 spiro atoms. The fraction of sp³-hybridized carbons (Fsp3) is 0.526. The number of sulfonamides is 1. The Morgan fingerprint density at radius 2 is 2.03 bits per heavy atom. The SMILES string of the molecule is CCOC(=O)c1nnc(N=Nc2cc3c(cc2NS(=O)(=O)CC(F)(F)F)N(CC)C(C)CC3)s1. The minimum atomic E-state index is -4.91. The van der Waals surface area contributed by atoms with Crippen molar-refractivity contribution in [3.05, 3.63) is 22.7 Å². The third kappa shape index (κ3) is 6.40. The normalized spacial score (nSPS) is 16.5. The quantitative estimate of drug-likeness (QED) is 0.398. The van der Waals surface area contributed by atoms with E-state index >= 15 is 0 Å². The molecule has 0 amide bonds. The summed E-state index contributed by atoms with van der Waals surface area (Å²) in [5.41, 5.74) is 1.44. The highest BCUT2D eigenvalue weighted by atomic mass is 32.2. The lowest BCUT2D eigenvalue weighted by atomic mass is 9.95. The summed E-state index contributed by atoms with van der Waals surface area (Å²) in [6.07, 6.45) is -3.39. The van der Waals surface area contributed by atoms with Crippen LogP contribution in [0.25, 0.3) is 0 Å². The van der Waals surface area contributed by atoms with Gasteiger partial charge in [0, 0.05) is 18.3 Å². The predicted octanol–water partition coefficient (Wildman–Crippen LogP) is 4.60. The van der Waals surface area contributed by atoms with Gasteiger partial charge in [-0.05, 0) is 51.3 Å². The molecule has 0 saturated carbocycles. The van der Waals surface area contributed by atoms with E-state index in [4.69, 9.17) is 4.74 Å². The van der Waals surface area contributed by atoms with Crippen molar-refractivity contribution in [1.29, 1.82) is 0 Å². The number of hydrogen-bond acceptors (Lipinski definition) is 10. The number of fused-ring (bicyclic) bond motifs is 1. The van der Waals surface area contributed by atoms with Gasteiger partial charge in [0.1, 0.15) is 5.69 Å². The molecule has 0 fully saturated rings. The second-order valence-corrected chi connectivity index (χ2v) is 10.1. The van der Waals surface area contributed by atoms with Crippen LogP contribution in [0, 0.1) is 0 Å². The minimum Gasteiger partial charge on any atom is -0.461 e. The Morgan fingerprint density at radius 1 is 1.29 bits per heavy atom. The molecule has 1 aromatic carbocycles. The van der Waals surface area contributed by atoms with Crippen LogP contribution in [0.1, 0.15) is 42.6 Å². The van der Waals surface area contributed by atoms with E-state index in [0.717, 1.165) is 23.3 Å². The Hall–Kier alpha value is -2.81. The lowest BCUT2D eigenvalue weighted by Gasteiger charge is -2.36. The number of esters is 1. The molecule has 34 heavy (non-hydrogen) atoms. The molecule has 186 valence electrons. The number of carbonyl (C=O) groups is 1. The molecule has 0 aliphatic carbocycles. The molecule has 1 N–H and O–H groups in total. The van der Waals surface area contributed by atoms with Gasteiger partial charge in [-0.3, -0.25) is 4.72 Å². The Labute approximate surface area is 198 Å². The summed E-state index contributed by atoms with van der Waals surface area (Å²) < 4.78 is 69.5. The molecule has 3 rings (SSSR count). The molecule has 1 unspecified atom stereocenters. The minimum absolute atomic E-state index is 0.00585. The average molecular weight is 521 g/mol. The first-order chi connectivity index (χ1) is 15.9. The van der Waals surface area contributed by atoms with Gasteiger partial charge in [0.05, 0.1) is 12.3 Å². The van der Waals surface area contributed by atoms with Crippen LogP contribution in [0.4, 0.5) is 35.4 Å². The van der Waals surface area contributed by atoms with Crippen LogP contribution in [0.2, 0.25) is 0 Å². The van der Waals surface area contributed by atoms with E-state index < -0.39 is 27.9 Å². The number of nitrogens with zero attached hydrogens (tertiary/aromatic N) is 5. The van der Waals surface area contributed by atoms with Crippen LogP contribution in [0.15, 0.2) is 22.4 Å². The van der Waals surface area contributed by atoms with Crippen LogP contribution in [0.3, 0.4) is 0 Å². The molecule has 1 aromatic heterocycles. The highest BCUT2D eigenvalue weighted by Crippen LogP contribution is 2.40. The van der Waals surface area contributed by atoms with Crippen molar-refractivity contribution in [2.45, 2.75) is 45.8 Å². The second kappa shape index (κ2) is 10.2. The average Bonchev–Trinajstić information content (AvgIpc) is 3.19. The van der Waals surface area contributed by atoms with E-state index in [0.29, 0.717) is 18.7 Å². The molecule has 1 atom stereocenters. The van der Waals surface area contributed by atoms with E-state index in [1.165, 1.54) is 6.07 Å². The molecular weight excluding hydrogens is 497 g/mol. The van der Waals surface area contributed by atoms with Crippen LogP contribution in [0.5, 0.6) is 0 Å². The largest absolute Gasteiger partial charge is 0.461 e. The molecule has 0 bridgehead atoms. The maximum atomic E-state index is 12.8. The van der Waals surface area contributed by atoms with Gasteiger partial charge in [0.25, 0.3) is 5.13 Å². The Kier molecular flexibility index (Phi) is 7.75. The van der Waals surface area contributed by atoms with E-state index in [1.807, 2.05) is 23.5 Å². The number of alkyl halides is 3. The lowest BCUT2D eigenvalue weighted by molar-refractivity contribution is -0.106. The molecule has 10 nitrogen and oxygen atoms in total. The van der Waals surface area contributed by atoms with Gasteiger partial charge < -0.3 is 9.64 Å². The van der Waals surface area contributed by atoms with Crippen molar-refractivity contribution in [2.75, 3.05) is 28.5 Å². The smallest absolute Gasteiger partial charge is 0.404 e. The fourth-order valence-electron chi connectivity index (χ4n) is 3.54. The van der Waals surface area contributed by atoms with Crippen molar-refractivity contribution in [3.8, 4) is 0 Å². The van der Waals surface area contributed by atoms with Gasteiger partial charge in [0.15, 0.2) is 5.75 Å². The standard InChI is InChI=1S/C19H23F3N6O4S2/c1-4-28-11(3)6-7-12-8-13(23-25-18-26-24-16(33-18)17(29)32-5-2)14(9-15(12)28)27-34(30,31)10-19(20,21)22/h8-9,11,27H,4-7,10H2,1-3H3. The fourth-order valence-corrected chi connectivity index (χ4v) is 5.10. The Balaban J connectivity index is 2.00. The van der Waals surface area contributed by atoms with Crippen LogP contribution >= 0.6 is 11.3 Å². The first-order valence-corrected chi connectivity index (χ1v) is 12.8. The Morgan fingerprint density at radius 3 is 2.68 bits per heavy atom. The van der Waals surface area contributed by atoms with E-state index in [-0.39, 0.29) is 34.2 Å². The van der Waals surface area contributed by atoms with E-state index in [9.17, 15) is 26.4 Å². The summed E-state index contributed by atoms with van der Waals surface area (Å²) in [4.78, 5) is 13.8. The third-order valence-corrected chi connectivity index (χ3v) is 6.96. The summed E-state index contributed by atoms with van der Waals surface area (Å²) in [6, 6.07) is 3.24. The number of benzene rings is 1. The molecule has 0 radical (unpaired) electrons. The molecule has 15 heteroatoms. The maximum Gasteiger partial charge on any atom is 0.404 e. The van der Waals surface area contributed by atoms with Gasteiger partial charge in [-0.15, -0.1) is 20.4 Å². The van der Waals surface area contributed by atoms with Crippen molar-refractivity contribution in [1.82, 2.24) is 10.2 Å². The molecule has 1 aliphatic rings. The first kappa shape index (κ1) is 25.8. The van der Waals surface area contributed by atoms with Crippen LogP contribution in [-0.2, 0) is 21.2 Å². The number of nitrogens with one attached hydrogen (secondary N) is 1. The van der Waals surface area contributed by atoms with Crippen molar-refractivity contribution < 1.29 is 31.1 Å². The molecule has 2 heterocycles. The number of hydrogen-bond donors (Lipinski definition) is 1. The predicted molar refractivity (Wildman–Crippen MR) is 121 cm³/mol. The summed E-state index contributed by atoms with van der Waals surface area (Å²) in [7, 11) is -4.76. The van der Waals surface area contributed by atoms with Gasteiger partial charge in [-0.2, -0.15) is 13.2 Å². The number of rotatable bonds is 8.